The van der Waals surface area contributed by atoms with Crippen LogP contribution < -0.4 is 0 Å². The Bertz CT molecular complexity index is 17.2. The summed E-state index contributed by atoms with van der Waals surface area (Å²) >= 11 is 0. The molecule has 0 bridgehead atoms. The minimum Gasteiger partial charge on any atom is -0.110 e. The third kappa shape index (κ3) is 2.09. The molecule has 0 unspecified atom stereocenters. The predicted molar refractivity (Wildman–Crippen MR) is 24.9 cm³/mol. The second kappa shape index (κ2) is 3.09. The van der Waals surface area contributed by atoms with Crippen LogP contribution in [-0.4, -0.2) is 15.5 Å². The lowest BCUT2D eigenvalue weighted by atomic mass is 10.6. The van der Waals surface area contributed by atoms with Gasteiger partial charge in [0.05, 0.1) is 0 Å². The van der Waals surface area contributed by atoms with Gasteiger partial charge < -0.3 is 0 Å². The third-order valence-electron chi connectivity index (χ3n) is 0.289. The van der Waals surface area contributed by atoms with Crippen molar-refractivity contribution in [3.63, 3.8) is 0 Å². The molecule has 0 saturated carbocycles. The number of hydrogen-bond donors (Lipinski definition) is 0. The van der Waals surface area contributed by atoms with Crippen LogP contribution in [0.4, 0.5) is 0 Å². The molecule has 0 N–H and O–H groups in total. The van der Waals surface area contributed by atoms with Crippen LogP contribution in [0.2, 0.25) is 0 Å². The molecule has 0 fully saturated rings. The van der Waals surface area contributed by atoms with Gasteiger partial charge in [-0.2, -0.15) is 0 Å². The normalized spacial score (nSPS) is 6.25. The minimum absolute atomic E-state index is 1.21. The van der Waals surface area contributed by atoms with E-state index in [4.69, 9.17) is 0 Å². The zero-order chi connectivity index (χ0) is 3.41. The van der Waals surface area contributed by atoms with Crippen LogP contribution in [-0.2, 0) is 0 Å². The molecule has 0 rings (SSSR count). The molecule has 0 amide bonds. The summed E-state index contributed by atoms with van der Waals surface area (Å²) in [5.41, 5.74) is 2.15. The van der Waals surface area contributed by atoms with E-state index in [-0.39, 0.29) is 0 Å². The fourth-order valence-corrected chi connectivity index (χ4v) is 0. The van der Waals surface area contributed by atoms with Crippen molar-refractivity contribution >= 4 is 15.5 Å². The molecule has 0 spiro atoms. The Morgan fingerprint density at radius 3 is 2.25 bits per heavy atom. The highest BCUT2D eigenvalue weighted by molar-refractivity contribution is 6.27. The van der Waals surface area contributed by atoms with Crippen molar-refractivity contribution in [1.82, 2.24) is 0 Å². The van der Waals surface area contributed by atoms with Crippen molar-refractivity contribution in [3.05, 3.63) is 0 Å². The highest BCUT2D eigenvalue weighted by atomic mass is 28.1. The molecular formula is C3H8Si. The van der Waals surface area contributed by atoms with Crippen LogP contribution in [0.25, 0.3) is 0 Å². The molecule has 0 aromatic rings. The van der Waals surface area contributed by atoms with Gasteiger partial charge in [-0.1, -0.05) is 6.92 Å². The molecule has 24 valence electrons. The molecular weight excluding hydrogens is 64.1 g/mol. The highest BCUT2D eigenvalue weighted by Gasteiger charge is 1.45. The van der Waals surface area contributed by atoms with E-state index in [1.54, 1.807) is 0 Å². The Balaban J connectivity index is 2.30. The van der Waals surface area contributed by atoms with Crippen molar-refractivity contribution in [2.75, 3.05) is 0 Å². The summed E-state index contributed by atoms with van der Waals surface area (Å²) in [5.74, 6) is 0. The van der Waals surface area contributed by atoms with E-state index in [1.165, 1.54) is 6.42 Å². The summed E-state index contributed by atoms with van der Waals surface area (Å²) in [6, 6.07) is 0. The fourth-order valence-electron chi connectivity index (χ4n) is 0. The number of rotatable bonds is 1. The second-order valence-electron chi connectivity index (χ2n) is 0.697. The van der Waals surface area contributed by atoms with E-state index < -0.39 is 0 Å². The summed E-state index contributed by atoms with van der Waals surface area (Å²) in [6.45, 7) is 2.13. The van der Waals surface area contributed by atoms with Crippen molar-refractivity contribution in [3.8, 4) is 0 Å². The smallest absolute Gasteiger partial charge is 0.0288 e. The SMILES string of the molecule is CCC=[SiH2]. The third-order valence-corrected chi connectivity index (χ3v) is 0.866. The van der Waals surface area contributed by atoms with E-state index in [2.05, 4.69) is 12.6 Å². The Morgan fingerprint density at radius 2 is 2.25 bits per heavy atom. The van der Waals surface area contributed by atoms with Gasteiger partial charge in [-0.3, -0.25) is 0 Å². The van der Waals surface area contributed by atoms with Crippen LogP contribution in [0.3, 0.4) is 0 Å². The summed E-state index contributed by atoms with van der Waals surface area (Å²) in [4.78, 5) is 0. The molecule has 0 saturated heterocycles. The predicted octanol–water partition coefficient (Wildman–Crippen LogP) is -0.168. The summed E-state index contributed by atoms with van der Waals surface area (Å²) < 4.78 is 0. The maximum Gasteiger partial charge on any atom is -0.0288 e. The fraction of sp³-hybridized carbons (Fsp3) is 0.667. The molecule has 0 aromatic carbocycles. The maximum atomic E-state index is 2.15. The molecule has 0 aliphatic heterocycles. The van der Waals surface area contributed by atoms with Crippen LogP contribution >= 0.6 is 0 Å². The van der Waals surface area contributed by atoms with Gasteiger partial charge in [0, 0.05) is 0 Å². The van der Waals surface area contributed by atoms with E-state index in [0.29, 0.717) is 0 Å². The van der Waals surface area contributed by atoms with Gasteiger partial charge in [0.2, 0.25) is 0 Å². The Kier molecular flexibility index (Phi) is 3.15. The largest absolute Gasteiger partial charge is 0.110 e. The first-order chi connectivity index (χ1) is 1.91. The standard InChI is InChI=1S/C3H8Si/c1-2-3-4/h3H,2,4H2,1H3. The average molecular weight is 72.2 g/mol. The van der Waals surface area contributed by atoms with E-state index in [1.807, 2.05) is 9.85 Å². The molecule has 0 atom stereocenters. The van der Waals surface area contributed by atoms with Gasteiger partial charge in [-0.05, 0) is 16.3 Å². The molecule has 0 heterocycles. The Hall–Kier alpha value is 0.0869. The lowest BCUT2D eigenvalue weighted by Gasteiger charge is -1.58. The molecule has 0 nitrogen and oxygen atoms in total. The van der Waals surface area contributed by atoms with Gasteiger partial charge in [0.15, 0.2) is 0 Å². The summed E-state index contributed by atoms with van der Waals surface area (Å²) in [5, 5.41) is 0. The van der Waals surface area contributed by atoms with Crippen molar-refractivity contribution in [2.45, 2.75) is 13.3 Å². The van der Waals surface area contributed by atoms with Crippen LogP contribution in [0.1, 0.15) is 13.3 Å². The van der Waals surface area contributed by atoms with Crippen LogP contribution in [0.5, 0.6) is 0 Å². The first kappa shape index (κ1) is 4.09. The molecule has 0 radical (unpaired) electrons. The molecule has 0 aliphatic rings. The molecule has 1 heteroatoms. The Morgan fingerprint density at radius 1 is 2.00 bits per heavy atom. The summed E-state index contributed by atoms with van der Waals surface area (Å²) in [6.07, 6.45) is 1.21. The zero-order valence-electron chi connectivity index (χ0n) is 2.99. The molecule has 0 aliphatic carbocycles. The monoisotopic (exact) mass is 72.0 g/mol. The molecule has 4 heavy (non-hydrogen) atoms. The van der Waals surface area contributed by atoms with Crippen molar-refractivity contribution < 1.29 is 0 Å². The van der Waals surface area contributed by atoms with Crippen LogP contribution in [0, 0.1) is 0 Å². The van der Waals surface area contributed by atoms with Crippen LogP contribution in [0.15, 0.2) is 0 Å². The first-order valence-electron chi connectivity index (χ1n) is 1.52. The van der Waals surface area contributed by atoms with Gasteiger partial charge in [0.25, 0.3) is 0 Å². The van der Waals surface area contributed by atoms with Gasteiger partial charge in [0.1, 0.15) is 0 Å². The second-order valence-corrected chi connectivity index (χ2v) is 1.27. The Labute approximate surface area is 29.9 Å². The molecule has 0 aromatic heterocycles. The van der Waals surface area contributed by atoms with Gasteiger partial charge in [-0.15, -0.1) is 5.67 Å². The average Bonchev–Trinajstić information content (AvgIpc) is 1.37. The van der Waals surface area contributed by atoms with Gasteiger partial charge in [-0.25, -0.2) is 0 Å². The first-order valence-corrected chi connectivity index (χ1v) is 2.34. The topological polar surface area (TPSA) is 0 Å². The van der Waals surface area contributed by atoms with E-state index in [0.717, 1.165) is 0 Å². The summed E-state index contributed by atoms with van der Waals surface area (Å²) in [7, 11) is 1.90. The number of hydrogen-bond acceptors (Lipinski definition) is 0. The lowest BCUT2D eigenvalue weighted by molar-refractivity contribution is 1.35. The quantitative estimate of drug-likeness (QED) is 0.377. The maximum absolute atomic E-state index is 2.15. The minimum atomic E-state index is 1.21. The zero-order valence-corrected chi connectivity index (χ0v) is 4.41. The van der Waals surface area contributed by atoms with E-state index in [9.17, 15) is 0 Å². The van der Waals surface area contributed by atoms with Crippen molar-refractivity contribution in [2.24, 2.45) is 0 Å². The van der Waals surface area contributed by atoms with Gasteiger partial charge >= 0.3 is 0 Å². The highest BCUT2D eigenvalue weighted by Crippen LogP contribution is 1.52. The van der Waals surface area contributed by atoms with E-state index >= 15 is 0 Å². The lowest BCUT2D eigenvalue weighted by Crippen LogP contribution is -1.57. The van der Waals surface area contributed by atoms with Crippen molar-refractivity contribution in [1.29, 1.82) is 0 Å².